The third-order valence-corrected chi connectivity index (χ3v) is 5.47. The molecule has 0 spiro atoms. The molecule has 2 fully saturated rings. The molecule has 0 N–H and O–H groups in total. The predicted molar refractivity (Wildman–Crippen MR) is 97.0 cm³/mol. The summed E-state index contributed by atoms with van der Waals surface area (Å²) in [6.07, 6.45) is 6.70. The van der Waals surface area contributed by atoms with Gasteiger partial charge in [0.2, 0.25) is 11.8 Å². The Balaban J connectivity index is 1.56. The van der Waals surface area contributed by atoms with Gasteiger partial charge in [-0.25, -0.2) is 0 Å². The third kappa shape index (κ3) is 3.92. The van der Waals surface area contributed by atoms with E-state index in [2.05, 4.69) is 0 Å². The van der Waals surface area contributed by atoms with Gasteiger partial charge in [-0.3, -0.25) is 14.4 Å². The number of carbonyl (C=O) groups excluding carboxylic acids is 2. The molecule has 7 heteroatoms. The highest BCUT2D eigenvalue weighted by Gasteiger charge is 2.36. The fourth-order valence-corrected chi connectivity index (χ4v) is 4.05. The molecule has 7 nitrogen and oxygen atoms in total. The van der Waals surface area contributed by atoms with Crippen molar-refractivity contribution in [2.24, 2.45) is 5.92 Å². The van der Waals surface area contributed by atoms with E-state index < -0.39 is 0 Å². The van der Waals surface area contributed by atoms with E-state index in [1.165, 1.54) is 24.5 Å². The Morgan fingerprint density at radius 3 is 2.73 bits per heavy atom. The molecule has 0 aromatic carbocycles. The van der Waals surface area contributed by atoms with Gasteiger partial charge in [-0.1, -0.05) is 12.8 Å². The molecular formula is C19H27N3O4. The van der Waals surface area contributed by atoms with Crippen LogP contribution < -0.4 is 10.3 Å². The first-order valence-electron chi connectivity index (χ1n) is 9.26. The van der Waals surface area contributed by atoms with Gasteiger partial charge in [0.15, 0.2) is 5.75 Å². The molecule has 26 heavy (non-hydrogen) atoms. The van der Waals surface area contributed by atoms with E-state index in [9.17, 15) is 14.4 Å². The zero-order chi connectivity index (χ0) is 18.7. The Labute approximate surface area is 153 Å². The van der Waals surface area contributed by atoms with E-state index >= 15 is 0 Å². The minimum absolute atomic E-state index is 0.0282. The van der Waals surface area contributed by atoms with Crippen LogP contribution in [0.4, 0.5) is 0 Å². The van der Waals surface area contributed by atoms with Crippen LogP contribution in [0.3, 0.4) is 0 Å². The molecule has 2 heterocycles. The van der Waals surface area contributed by atoms with Crippen LogP contribution in [-0.2, 0) is 16.1 Å². The smallest absolute Gasteiger partial charge is 0.293 e. The molecule has 2 amide bonds. The van der Waals surface area contributed by atoms with Crippen LogP contribution in [0.1, 0.15) is 32.1 Å². The van der Waals surface area contributed by atoms with Crippen molar-refractivity contribution in [1.29, 1.82) is 0 Å². The number of carbonyl (C=O) groups is 2. The van der Waals surface area contributed by atoms with Gasteiger partial charge >= 0.3 is 0 Å². The monoisotopic (exact) mass is 361 g/mol. The summed E-state index contributed by atoms with van der Waals surface area (Å²) >= 11 is 0. The standard InChI is InChI=1S/C19H27N3O4/c1-20(18(24)13-21-9-5-8-16(26-2)19(21)25)11-14-10-17(23)22(12-14)15-6-3-4-7-15/h5,8-9,14-15H,3-4,6-7,10-13H2,1-2H3/t14-/m1/s1. The first-order valence-corrected chi connectivity index (χ1v) is 9.26. The van der Waals surface area contributed by atoms with Gasteiger partial charge < -0.3 is 19.1 Å². The highest BCUT2D eigenvalue weighted by molar-refractivity contribution is 5.79. The Morgan fingerprint density at radius 1 is 1.31 bits per heavy atom. The van der Waals surface area contributed by atoms with E-state index in [-0.39, 0.29) is 35.6 Å². The van der Waals surface area contributed by atoms with E-state index in [1.54, 1.807) is 30.3 Å². The second-order valence-corrected chi connectivity index (χ2v) is 7.34. The van der Waals surface area contributed by atoms with E-state index in [1.807, 2.05) is 4.90 Å². The summed E-state index contributed by atoms with van der Waals surface area (Å²) in [5.41, 5.74) is -0.319. The fraction of sp³-hybridized carbons (Fsp3) is 0.632. The summed E-state index contributed by atoms with van der Waals surface area (Å²) in [5.74, 6) is 0.453. The molecule has 1 aliphatic carbocycles. The first-order chi connectivity index (χ1) is 12.5. The summed E-state index contributed by atoms with van der Waals surface area (Å²) in [4.78, 5) is 40.6. The zero-order valence-electron chi connectivity index (χ0n) is 15.5. The fourth-order valence-electron chi connectivity index (χ4n) is 4.05. The van der Waals surface area contributed by atoms with E-state index in [0.29, 0.717) is 19.0 Å². The molecule has 1 aromatic rings. The number of amides is 2. The van der Waals surface area contributed by atoms with Crippen molar-refractivity contribution < 1.29 is 14.3 Å². The zero-order valence-corrected chi connectivity index (χ0v) is 15.5. The quantitative estimate of drug-likeness (QED) is 0.761. The molecule has 2 aliphatic rings. The van der Waals surface area contributed by atoms with Crippen molar-refractivity contribution in [1.82, 2.24) is 14.4 Å². The first kappa shape index (κ1) is 18.5. The number of aromatic nitrogens is 1. The van der Waals surface area contributed by atoms with Crippen LogP contribution in [0.15, 0.2) is 23.1 Å². The van der Waals surface area contributed by atoms with Gasteiger partial charge in [-0.2, -0.15) is 0 Å². The SMILES string of the molecule is COc1cccn(CC(=O)N(C)C[C@H]2CC(=O)N(C3CCCC3)C2)c1=O. The van der Waals surface area contributed by atoms with Crippen LogP contribution in [0.25, 0.3) is 0 Å². The highest BCUT2D eigenvalue weighted by Crippen LogP contribution is 2.29. The van der Waals surface area contributed by atoms with E-state index in [0.717, 1.165) is 19.4 Å². The molecule has 0 radical (unpaired) electrons. The number of ether oxygens (including phenoxy) is 1. The van der Waals surface area contributed by atoms with Crippen molar-refractivity contribution in [3.05, 3.63) is 28.7 Å². The summed E-state index contributed by atoms with van der Waals surface area (Å²) in [6, 6.07) is 3.65. The van der Waals surface area contributed by atoms with Crippen LogP contribution >= 0.6 is 0 Å². The van der Waals surface area contributed by atoms with Crippen LogP contribution in [0, 0.1) is 5.92 Å². The number of nitrogens with zero attached hydrogens (tertiary/aromatic N) is 3. The summed E-state index contributed by atoms with van der Waals surface area (Å²) < 4.78 is 6.36. The molecule has 3 rings (SSSR count). The molecule has 142 valence electrons. The summed E-state index contributed by atoms with van der Waals surface area (Å²) in [6.45, 7) is 1.24. The lowest BCUT2D eigenvalue weighted by Crippen LogP contribution is -2.38. The maximum Gasteiger partial charge on any atom is 0.293 e. The highest BCUT2D eigenvalue weighted by atomic mass is 16.5. The summed E-state index contributed by atoms with van der Waals surface area (Å²) in [5, 5.41) is 0. The average Bonchev–Trinajstić information content (AvgIpc) is 3.26. The molecule has 1 saturated carbocycles. The van der Waals surface area contributed by atoms with Gasteiger partial charge in [0.05, 0.1) is 7.11 Å². The van der Waals surface area contributed by atoms with Crippen LogP contribution in [0.5, 0.6) is 5.75 Å². The second-order valence-electron chi connectivity index (χ2n) is 7.34. The predicted octanol–water partition coefficient (Wildman–Crippen LogP) is 1.11. The number of likely N-dealkylation sites (tertiary alicyclic amines) is 1. The maximum atomic E-state index is 12.5. The number of likely N-dealkylation sites (N-methyl/N-ethyl adjacent to an activating group) is 1. The van der Waals surface area contributed by atoms with E-state index in [4.69, 9.17) is 4.74 Å². The number of hydrogen-bond acceptors (Lipinski definition) is 4. The van der Waals surface area contributed by atoms with Crippen molar-refractivity contribution >= 4 is 11.8 Å². The Bertz CT molecular complexity index is 724. The Kier molecular flexibility index (Phi) is 5.64. The Hall–Kier alpha value is -2.31. The van der Waals surface area contributed by atoms with Crippen molar-refractivity contribution in [3.8, 4) is 5.75 Å². The minimum atomic E-state index is -0.319. The molecule has 0 bridgehead atoms. The van der Waals surface area contributed by atoms with Crippen molar-refractivity contribution in [2.45, 2.75) is 44.7 Å². The average molecular weight is 361 g/mol. The number of pyridine rings is 1. The number of rotatable bonds is 6. The third-order valence-electron chi connectivity index (χ3n) is 5.47. The van der Waals surface area contributed by atoms with Gasteiger partial charge in [-0.15, -0.1) is 0 Å². The molecule has 1 aliphatic heterocycles. The molecule has 0 unspecified atom stereocenters. The Morgan fingerprint density at radius 2 is 2.04 bits per heavy atom. The molecular weight excluding hydrogens is 334 g/mol. The summed E-state index contributed by atoms with van der Waals surface area (Å²) in [7, 11) is 3.17. The lowest BCUT2D eigenvalue weighted by Gasteiger charge is -2.25. The van der Waals surface area contributed by atoms with Gasteiger partial charge in [-0.05, 0) is 25.0 Å². The van der Waals surface area contributed by atoms with Crippen LogP contribution in [-0.4, -0.2) is 59.5 Å². The van der Waals surface area contributed by atoms with Gasteiger partial charge in [0.1, 0.15) is 6.54 Å². The van der Waals surface area contributed by atoms with Gasteiger partial charge in [0, 0.05) is 44.7 Å². The minimum Gasteiger partial charge on any atom is -0.491 e. The number of methoxy groups -OCH3 is 1. The maximum absolute atomic E-state index is 12.5. The van der Waals surface area contributed by atoms with Crippen LogP contribution in [0.2, 0.25) is 0 Å². The van der Waals surface area contributed by atoms with Gasteiger partial charge in [0.25, 0.3) is 5.56 Å². The lowest BCUT2D eigenvalue weighted by atomic mass is 10.1. The normalized spacial score (nSPS) is 20.6. The van der Waals surface area contributed by atoms with Crippen molar-refractivity contribution in [2.75, 3.05) is 27.2 Å². The molecule has 1 atom stereocenters. The topological polar surface area (TPSA) is 71.8 Å². The molecule has 1 saturated heterocycles. The lowest BCUT2D eigenvalue weighted by molar-refractivity contribution is -0.131. The largest absolute Gasteiger partial charge is 0.491 e. The second kappa shape index (κ2) is 7.93. The molecule has 1 aromatic heterocycles. The van der Waals surface area contributed by atoms with Crippen molar-refractivity contribution in [3.63, 3.8) is 0 Å². The number of hydrogen-bond donors (Lipinski definition) is 0.